The summed E-state index contributed by atoms with van der Waals surface area (Å²) in [6.07, 6.45) is 2.17. The van der Waals surface area contributed by atoms with Crippen molar-refractivity contribution in [1.29, 1.82) is 0 Å². The van der Waals surface area contributed by atoms with E-state index in [0.717, 1.165) is 25.9 Å². The molecule has 0 heterocycles. The van der Waals surface area contributed by atoms with E-state index in [1.165, 1.54) is 0 Å². The van der Waals surface area contributed by atoms with Gasteiger partial charge in [0.25, 0.3) is 0 Å². The fourth-order valence-electron chi connectivity index (χ4n) is 0.955. The van der Waals surface area contributed by atoms with E-state index in [9.17, 15) is 0 Å². The molecule has 0 aromatic carbocycles. The molecule has 0 saturated heterocycles. The lowest BCUT2D eigenvalue weighted by atomic mass is 9.97. The van der Waals surface area contributed by atoms with Crippen molar-refractivity contribution in [3.05, 3.63) is 0 Å². The van der Waals surface area contributed by atoms with Crippen LogP contribution in [0.4, 0.5) is 0 Å². The Labute approximate surface area is 76.9 Å². The zero-order valence-corrected chi connectivity index (χ0v) is 8.98. The van der Waals surface area contributed by atoms with Crippen molar-refractivity contribution in [3.8, 4) is 0 Å². The highest BCUT2D eigenvalue weighted by Crippen LogP contribution is 2.09. The van der Waals surface area contributed by atoms with Gasteiger partial charge in [0.05, 0.1) is 0 Å². The lowest BCUT2D eigenvalue weighted by Gasteiger charge is -2.19. The van der Waals surface area contributed by atoms with E-state index in [2.05, 4.69) is 33.0 Å². The fourth-order valence-corrected chi connectivity index (χ4v) is 0.955. The Morgan fingerprint density at radius 2 is 1.92 bits per heavy atom. The van der Waals surface area contributed by atoms with Crippen LogP contribution in [-0.2, 0) is 0 Å². The van der Waals surface area contributed by atoms with Crippen molar-refractivity contribution >= 4 is 0 Å². The monoisotopic (exact) mass is 172 g/mol. The number of hydrogen-bond acceptors (Lipinski definition) is 2. The first-order chi connectivity index (χ1) is 5.45. The largest absolute Gasteiger partial charge is 0.328 e. The van der Waals surface area contributed by atoms with Gasteiger partial charge in [-0.1, -0.05) is 27.7 Å². The van der Waals surface area contributed by atoms with Crippen molar-refractivity contribution in [3.63, 3.8) is 0 Å². The molecular formula is C10H24N2. The lowest BCUT2D eigenvalue weighted by Crippen LogP contribution is -2.31. The summed E-state index contributed by atoms with van der Waals surface area (Å²) in [4.78, 5) is 0. The van der Waals surface area contributed by atoms with E-state index < -0.39 is 0 Å². The van der Waals surface area contributed by atoms with Gasteiger partial charge in [0, 0.05) is 6.04 Å². The van der Waals surface area contributed by atoms with Gasteiger partial charge in [-0.2, -0.15) is 0 Å². The number of nitrogens with two attached hydrogens (primary N) is 1. The van der Waals surface area contributed by atoms with Crippen LogP contribution in [0.3, 0.4) is 0 Å². The average Bonchev–Trinajstić information content (AvgIpc) is 1.96. The van der Waals surface area contributed by atoms with E-state index in [0.29, 0.717) is 11.5 Å². The summed E-state index contributed by atoms with van der Waals surface area (Å²) in [5.41, 5.74) is 6.17. The SMILES string of the molecule is CCC(N)CCNCC(C)(C)C. The molecule has 3 N–H and O–H groups in total. The molecule has 0 aliphatic heterocycles. The third kappa shape index (κ3) is 8.02. The minimum Gasteiger partial charge on any atom is -0.328 e. The molecule has 0 radical (unpaired) electrons. The Kier molecular flexibility index (Phi) is 5.51. The summed E-state index contributed by atoms with van der Waals surface area (Å²) in [6, 6.07) is 0.373. The molecule has 1 unspecified atom stereocenters. The molecule has 0 spiro atoms. The van der Waals surface area contributed by atoms with Gasteiger partial charge in [-0.25, -0.2) is 0 Å². The number of hydrogen-bond donors (Lipinski definition) is 2. The first kappa shape index (κ1) is 11.9. The highest BCUT2D eigenvalue weighted by molar-refractivity contribution is 4.66. The minimum absolute atomic E-state index is 0.373. The topological polar surface area (TPSA) is 38.0 Å². The van der Waals surface area contributed by atoms with Gasteiger partial charge < -0.3 is 11.1 Å². The second kappa shape index (κ2) is 5.55. The maximum atomic E-state index is 5.78. The van der Waals surface area contributed by atoms with Crippen LogP contribution in [0.2, 0.25) is 0 Å². The van der Waals surface area contributed by atoms with Crippen LogP contribution < -0.4 is 11.1 Å². The minimum atomic E-state index is 0.373. The van der Waals surface area contributed by atoms with Crippen LogP contribution in [0.5, 0.6) is 0 Å². The predicted molar refractivity (Wildman–Crippen MR) is 55.2 cm³/mol. The molecule has 0 aromatic rings. The van der Waals surface area contributed by atoms with Crippen LogP contribution in [0, 0.1) is 5.41 Å². The molecule has 0 rings (SSSR count). The molecular weight excluding hydrogens is 148 g/mol. The molecule has 0 saturated carbocycles. The van der Waals surface area contributed by atoms with Gasteiger partial charge in [-0.15, -0.1) is 0 Å². The summed E-state index contributed by atoms with van der Waals surface area (Å²) in [7, 11) is 0. The fraction of sp³-hybridized carbons (Fsp3) is 1.00. The Balaban J connectivity index is 3.22. The zero-order valence-electron chi connectivity index (χ0n) is 8.98. The molecule has 0 aliphatic carbocycles. The van der Waals surface area contributed by atoms with Crippen LogP contribution in [0.15, 0.2) is 0 Å². The lowest BCUT2D eigenvalue weighted by molar-refractivity contribution is 0.374. The van der Waals surface area contributed by atoms with E-state index in [1.54, 1.807) is 0 Å². The second-order valence-electron chi connectivity index (χ2n) is 4.69. The van der Waals surface area contributed by atoms with Crippen molar-refractivity contribution in [2.45, 2.75) is 46.6 Å². The third-order valence-corrected chi connectivity index (χ3v) is 1.87. The molecule has 12 heavy (non-hydrogen) atoms. The maximum absolute atomic E-state index is 5.78. The number of nitrogens with one attached hydrogen (secondary N) is 1. The van der Waals surface area contributed by atoms with E-state index in [1.807, 2.05) is 0 Å². The first-order valence-corrected chi connectivity index (χ1v) is 4.92. The van der Waals surface area contributed by atoms with Crippen molar-refractivity contribution in [2.75, 3.05) is 13.1 Å². The second-order valence-corrected chi connectivity index (χ2v) is 4.69. The predicted octanol–water partition coefficient (Wildman–Crippen LogP) is 1.75. The standard InChI is InChI=1S/C10H24N2/c1-5-9(11)6-7-12-8-10(2,3)4/h9,12H,5-8,11H2,1-4H3. The molecule has 0 amide bonds. The van der Waals surface area contributed by atoms with Gasteiger partial charge in [-0.3, -0.25) is 0 Å². The molecule has 0 bridgehead atoms. The summed E-state index contributed by atoms with van der Waals surface area (Å²) in [5, 5.41) is 3.41. The van der Waals surface area contributed by atoms with E-state index in [-0.39, 0.29) is 0 Å². The quantitative estimate of drug-likeness (QED) is 0.620. The van der Waals surface area contributed by atoms with Crippen LogP contribution in [-0.4, -0.2) is 19.1 Å². The molecule has 2 nitrogen and oxygen atoms in total. The van der Waals surface area contributed by atoms with Gasteiger partial charge in [-0.05, 0) is 31.3 Å². The highest BCUT2D eigenvalue weighted by atomic mass is 14.9. The Morgan fingerprint density at radius 1 is 1.33 bits per heavy atom. The van der Waals surface area contributed by atoms with Crippen LogP contribution in [0.25, 0.3) is 0 Å². The molecule has 1 atom stereocenters. The summed E-state index contributed by atoms with van der Waals surface area (Å²) in [6.45, 7) is 11.0. The van der Waals surface area contributed by atoms with Crippen LogP contribution in [0.1, 0.15) is 40.5 Å². The van der Waals surface area contributed by atoms with E-state index >= 15 is 0 Å². The summed E-state index contributed by atoms with van der Waals surface area (Å²) < 4.78 is 0. The maximum Gasteiger partial charge on any atom is 0.00482 e. The van der Waals surface area contributed by atoms with Gasteiger partial charge in [0.1, 0.15) is 0 Å². The van der Waals surface area contributed by atoms with Gasteiger partial charge in [0.2, 0.25) is 0 Å². The summed E-state index contributed by atoms with van der Waals surface area (Å²) in [5.74, 6) is 0. The molecule has 0 aliphatic rings. The van der Waals surface area contributed by atoms with Gasteiger partial charge in [0.15, 0.2) is 0 Å². The normalized spacial score (nSPS) is 14.8. The van der Waals surface area contributed by atoms with Gasteiger partial charge >= 0.3 is 0 Å². The van der Waals surface area contributed by atoms with E-state index in [4.69, 9.17) is 5.73 Å². The van der Waals surface area contributed by atoms with Crippen LogP contribution >= 0.6 is 0 Å². The molecule has 74 valence electrons. The molecule has 2 heteroatoms. The highest BCUT2D eigenvalue weighted by Gasteiger charge is 2.08. The third-order valence-electron chi connectivity index (χ3n) is 1.87. The first-order valence-electron chi connectivity index (χ1n) is 4.92. The Morgan fingerprint density at radius 3 is 2.33 bits per heavy atom. The summed E-state index contributed by atoms with van der Waals surface area (Å²) >= 11 is 0. The Hall–Kier alpha value is -0.0800. The average molecular weight is 172 g/mol. The molecule has 0 fully saturated rings. The van der Waals surface area contributed by atoms with Crippen molar-refractivity contribution in [1.82, 2.24) is 5.32 Å². The van der Waals surface area contributed by atoms with Crippen molar-refractivity contribution < 1.29 is 0 Å². The molecule has 0 aromatic heterocycles. The van der Waals surface area contributed by atoms with Crippen molar-refractivity contribution in [2.24, 2.45) is 11.1 Å². The smallest absolute Gasteiger partial charge is 0.00482 e. The number of rotatable bonds is 5. The zero-order chi connectivity index (χ0) is 9.61. The Bertz CT molecular complexity index is 105.